The van der Waals surface area contributed by atoms with Gasteiger partial charge in [-0.25, -0.2) is 17.5 Å². The Balaban J connectivity index is 2.28. The first-order chi connectivity index (χ1) is 9.86. The van der Waals surface area contributed by atoms with Crippen LogP contribution < -0.4 is 4.72 Å². The van der Waals surface area contributed by atoms with Gasteiger partial charge in [0.05, 0.1) is 11.4 Å². The van der Waals surface area contributed by atoms with Gasteiger partial charge in [0.15, 0.2) is 0 Å². The number of rotatable bonds is 5. The number of sulfonamides is 1. The minimum Gasteiger partial charge on any atom is -0.268 e. The minimum atomic E-state index is -3.73. The molecule has 0 saturated heterocycles. The molecule has 21 heavy (non-hydrogen) atoms. The molecule has 1 aromatic carbocycles. The molecule has 5 nitrogen and oxygen atoms in total. The number of halogens is 1. The molecule has 7 heteroatoms. The molecule has 0 fully saturated rings. The fourth-order valence-electron chi connectivity index (χ4n) is 2.26. The SMILES string of the molecule is CCn1nc(C)c(S(=O)(=O)NCc2ccccc2F)c1C. The third-order valence-corrected chi connectivity index (χ3v) is 4.95. The summed E-state index contributed by atoms with van der Waals surface area (Å²) in [5.41, 5.74) is 1.32. The number of hydrogen-bond acceptors (Lipinski definition) is 3. The zero-order valence-electron chi connectivity index (χ0n) is 12.2. The molecule has 0 saturated carbocycles. The number of hydrogen-bond donors (Lipinski definition) is 1. The lowest BCUT2D eigenvalue weighted by Crippen LogP contribution is -2.24. The lowest BCUT2D eigenvalue weighted by atomic mass is 10.2. The fourth-order valence-corrected chi connectivity index (χ4v) is 3.68. The monoisotopic (exact) mass is 311 g/mol. The van der Waals surface area contributed by atoms with Gasteiger partial charge < -0.3 is 0 Å². The first-order valence-electron chi connectivity index (χ1n) is 6.64. The van der Waals surface area contributed by atoms with Crippen LogP contribution in [0.1, 0.15) is 23.9 Å². The normalized spacial score (nSPS) is 11.8. The Morgan fingerprint density at radius 3 is 2.52 bits per heavy atom. The predicted molar refractivity (Wildman–Crippen MR) is 77.8 cm³/mol. The average Bonchev–Trinajstić information content (AvgIpc) is 2.73. The molecule has 0 aliphatic heterocycles. The third-order valence-electron chi connectivity index (χ3n) is 3.29. The fraction of sp³-hybridized carbons (Fsp3) is 0.357. The number of benzene rings is 1. The van der Waals surface area contributed by atoms with Crippen LogP contribution in [0.3, 0.4) is 0 Å². The zero-order valence-corrected chi connectivity index (χ0v) is 13.0. The van der Waals surface area contributed by atoms with Crippen LogP contribution in [0.2, 0.25) is 0 Å². The van der Waals surface area contributed by atoms with Crippen LogP contribution in [0.25, 0.3) is 0 Å². The number of nitrogens with one attached hydrogen (secondary N) is 1. The highest BCUT2D eigenvalue weighted by Gasteiger charge is 2.24. The van der Waals surface area contributed by atoms with Crippen molar-refractivity contribution < 1.29 is 12.8 Å². The van der Waals surface area contributed by atoms with Crippen molar-refractivity contribution in [3.8, 4) is 0 Å². The summed E-state index contributed by atoms with van der Waals surface area (Å²) < 4.78 is 42.4. The largest absolute Gasteiger partial charge is 0.268 e. The van der Waals surface area contributed by atoms with Gasteiger partial charge in [-0.15, -0.1) is 0 Å². The summed E-state index contributed by atoms with van der Waals surface area (Å²) in [4.78, 5) is 0.167. The van der Waals surface area contributed by atoms with E-state index in [1.54, 1.807) is 36.7 Å². The Hall–Kier alpha value is -1.73. The van der Waals surface area contributed by atoms with Crippen LogP contribution in [0.4, 0.5) is 4.39 Å². The summed E-state index contributed by atoms with van der Waals surface area (Å²) in [6.07, 6.45) is 0. The molecule has 0 bridgehead atoms. The molecule has 0 aliphatic carbocycles. The topological polar surface area (TPSA) is 64.0 Å². The maximum Gasteiger partial charge on any atom is 0.244 e. The average molecular weight is 311 g/mol. The van der Waals surface area contributed by atoms with Crippen LogP contribution in [0.5, 0.6) is 0 Å². The molecule has 2 rings (SSSR count). The molecular weight excluding hydrogens is 293 g/mol. The van der Waals surface area contributed by atoms with Gasteiger partial charge >= 0.3 is 0 Å². The first-order valence-corrected chi connectivity index (χ1v) is 8.12. The molecular formula is C14H18FN3O2S. The van der Waals surface area contributed by atoms with E-state index in [-0.39, 0.29) is 11.4 Å². The Labute approximate surface area is 123 Å². The van der Waals surface area contributed by atoms with Crippen molar-refractivity contribution in [1.82, 2.24) is 14.5 Å². The highest BCUT2D eigenvalue weighted by molar-refractivity contribution is 7.89. The number of nitrogens with zero attached hydrogens (tertiary/aromatic N) is 2. The van der Waals surface area contributed by atoms with Gasteiger partial charge in [-0.1, -0.05) is 18.2 Å². The van der Waals surface area contributed by atoms with Crippen molar-refractivity contribution in [3.05, 3.63) is 47.0 Å². The molecule has 0 radical (unpaired) electrons. The number of aromatic nitrogens is 2. The second kappa shape index (κ2) is 5.95. The van der Waals surface area contributed by atoms with E-state index in [0.717, 1.165) is 0 Å². The van der Waals surface area contributed by atoms with Gasteiger partial charge in [-0.2, -0.15) is 5.10 Å². The molecule has 0 unspecified atom stereocenters. The minimum absolute atomic E-state index is 0.0921. The summed E-state index contributed by atoms with van der Waals surface area (Å²) in [6, 6.07) is 6.08. The van der Waals surface area contributed by atoms with E-state index >= 15 is 0 Å². The van der Waals surface area contributed by atoms with Crippen molar-refractivity contribution in [2.75, 3.05) is 0 Å². The Kier molecular flexibility index (Phi) is 4.43. The smallest absolute Gasteiger partial charge is 0.244 e. The lowest BCUT2D eigenvalue weighted by Gasteiger charge is -2.08. The van der Waals surface area contributed by atoms with E-state index in [4.69, 9.17) is 0 Å². The molecule has 0 amide bonds. The summed E-state index contributed by atoms with van der Waals surface area (Å²) in [5, 5.41) is 4.19. The predicted octanol–water partition coefficient (Wildman–Crippen LogP) is 2.14. The van der Waals surface area contributed by atoms with Gasteiger partial charge in [0.1, 0.15) is 10.7 Å². The highest BCUT2D eigenvalue weighted by Crippen LogP contribution is 2.19. The standard InChI is InChI=1S/C14H18FN3O2S/c1-4-18-11(3)14(10(2)17-18)21(19,20)16-9-12-7-5-6-8-13(12)15/h5-8,16H,4,9H2,1-3H3. The Morgan fingerprint density at radius 2 is 1.95 bits per heavy atom. The maximum absolute atomic E-state index is 13.5. The van der Waals surface area contributed by atoms with E-state index in [2.05, 4.69) is 9.82 Å². The summed E-state index contributed by atoms with van der Waals surface area (Å²) in [6.45, 7) is 5.75. The second-order valence-corrected chi connectivity index (χ2v) is 6.44. The van der Waals surface area contributed by atoms with Gasteiger partial charge in [0, 0.05) is 18.7 Å². The van der Waals surface area contributed by atoms with Crippen LogP contribution in [-0.4, -0.2) is 18.2 Å². The van der Waals surface area contributed by atoms with Crippen molar-refractivity contribution in [2.24, 2.45) is 0 Å². The zero-order chi connectivity index (χ0) is 15.6. The van der Waals surface area contributed by atoms with Crippen molar-refractivity contribution in [3.63, 3.8) is 0 Å². The quantitative estimate of drug-likeness (QED) is 0.920. The van der Waals surface area contributed by atoms with Crippen molar-refractivity contribution in [2.45, 2.75) is 38.8 Å². The highest BCUT2D eigenvalue weighted by atomic mass is 32.2. The lowest BCUT2D eigenvalue weighted by molar-refractivity contribution is 0.572. The Morgan fingerprint density at radius 1 is 1.29 bits per heavy atom. The van der Waals surface area contributed by atoms with Crippen LogP contribution >= 0.6 is 0 Å². The molecule has 114 valence electrons. The van der Waals surface area contributed by atoms with Crippen LogP contribution in [0.15, 0.2) is 29.2 Å². The maximum atomic E-state index is 13.5. The van der Waals surface area contributed by atoms with Gasteiger partial charge in [-0.3, -0.25) is 4.68 Å². The Bertz CT molecular complexity index is 754. The van der Waals surface area contributed by atoms with E-state index in [1.807, 2.05) is 6.92 Å². The molecule has 0 aliphatic rings. The third kappa shape index (κ3) is 3.14. The van der Waals surface area contributed by atoms with E-state index in [9.17, 15) is 12.8 Å². The molecule has 0 spiro atoms. The van der Waals surface area contributed by atoms with E-state index in [1.165, 1.54) is 6.07 Å². The molecule has 1 N–H and O–H groups in total. The summed E-state index contributed by atoms with van der Waals surface area (Å²) >= 11 is 0. The van der Waals surface area contributed by atoms with Gasteiger partial charge in [0.2, 0.25) is 10.0 Å². The summed E-state index contributed by atoms with van der Waals surface area (Å²) in [5.74, 6) is -0.433. The first kappa shape index (κ1) is 15.7. The van der Waals surface area contributed by atoms with Gasteiger partial charge in [-0.05, 0) is 26.8 Å². The summed E-state index contributed by atoms with van der Waals surface area (Å²) in [7, 11) is -3.73. The molecule has 2 aromatic rings. The van der Waals surface area contributed by atoms with Crippen molar-refractivity contribution in [1.29, 1.82) is 0 Å². The van der Waals surface area contributed by atoms with E-state index in [0.29, 0.717) is 23.5 Å². The van der Waals surface area contributed by atoms with Crippen LogP contribution in [-0.2, 0) is 23.1 Å². The van der Waals surface area contributed by atoms with Crippen molar-refractivity contribution >= 4 is 10.0 Å². The van der Waals surface area contributed by atoms with E-state index < -0.39 is 15.8 Å². The van der Waals surface area contributed by atoms with Crippen LogP contribution in [0, 0.1) is 19.7 Å². The van der Waals surface area contributed by atoms with Gasteiger partial charge in [0.25, 0.3) is 0 Å². The second-order valence-electron chi connectivity index (χ2n) is 4.73. The molecule has 1 heterocycles. The molecule has 1 aromatic heterocycles. The number of aryl methyl sites for hydroxylation is 2. The molecule has 0 atom stereocenters.